The smallest absolute Gasteiger partial charge is 0.413 e. The molecule has 12 heteroatoms. The normalized spacial score (nSPS) is 17.2. The van der Waals surface area contributed by atoms with Crippen molar-refractivity contribution in [3.05, 3.63) is 33.5 Å². The van der Waals surface area contributed by atoms with Crippen LogP contribution in [0.15, 0.2) is 21.7 Å². The van der Waals surface area contributed by atoms with E-state index in [2.05, 4.69) is 15.4 Å². The molecule has 0 bridgehead atoms. The van der Waals surface area contributed by atoms with Gasteiger partial charge in [0.05, 0.1) is 12.7 Å². The lowest BCUT2D eigenvalue weighted by atomic mass is 10.0. The molecule has 2 aromatic heterocycles. The maximum absolute atomic E-state index is 13.1. The van der Waals surface area contributed by atoms with Crippen LogP contribution in [0.1, 0.15) is 40.1 Å². The number of hydrogen-bond acceptors (Lipinski definition) is 8. The zero-order valence-electron chi connectivity index (χ0n) is 17.3. The third-order valence-corrected chi connectivity index (χ3v) is 9.47. The van der Waals surface area contributed by atoms with Gasteiger partial charge in [-0.2, -0.15) is 4.31 Å². The molecule has 0 aliphatic carbocycles. The number of nitrogens with zero attached hydrogens (tertiary/aromatic N) is 1. The molecule has 3 heterocycles. The van der Waals surface area contributed by atoms with Crippen LogP contribution in [0.3, 0.4) is 0 Å². The number of nitrogens with one attached hydrogen (secondary N) is 2. The number of carbonyl (C=O) groups is 3. The standard InChI is InChI=1S/C19H23N3O6S3/c1-11-12(2)30-18(15(11)17(24)21-19(25)28-3)20-16(23)13-7-4-5-9-22(13)31(26,27)14-8-6-10-29-14/h6,8,10,13H,4-5,7,9H2,1-3H3,(H,20,23)(H,21,24,25). The average Bonchev–Trinajstić information content (AvgIpc) is 3.37. The fourth-order valence-electron chi connectivity index (χ4n) is 3.37. The van der Waals surface area contributed by atoms with Crippen LogP contribution < -0.4 is 10.6 Å². The molecule has 3 amide bonds. The quantitative estimate of drug-likeness (QED) is 0.671. The van der Waals surface area contributed by atoms with Gasteiger partial charge in [-0.3, -0.25) is 14.9 Å². The van der Waals surface area contributed by atoms with E-state index in [0.717, 1.165) is 23.3 Å². The van der Waals surface area contributed by atoms with E-state index < -0.39 is 34.0 Å². The fourth-order valence-corrected chi connectivity index (χ4v) is 7.21. The van der Waals surface area contributed by atoms with Crippen molar-refractivity contribution in [3.63, 3.8) is 0 Å². The van der Waals surface area contributed by atoms with Crippen molar-refractivity contribution in [2.75, 3.05) is 19.0 Å². The van der Waals surface area contributed by atoms with Crippen LogP contribution in [0.2, 0.25) is 0 Å². The Kier molecular flexibility index (Phi) is 7.14. The van der Waals surface area contributed by atoms with Crippen molar-refractivity contribution < 1.29 is 27.5 Å². The number of imide groups is 1. The Hall–Kier alpha value is -2.28. The van der Waals surface area contributed by atoms with Gasteiger partial charge < -0.3 is 10.1 Å². The van der Waals surface area contributed by atoms with E-state index in [1.54, 1.807) is 25.3 Å². The summed E-state index contributed by atoms with van der Waals surface area (Å²) in [6.07, 6.45) is 0.847. The van der Waals surface area contributed by atoms with E-state index in [9.17, 15) is 22.8 Å². The van der Waals surface area contributed by atoms with Gasteiger partial charge in [-0.25, -0.2) is 13.2 Å². The highest BCUT2D eigenvalue weighted by Gasteiger charge is 2.38. The minimum absolute atomic E-state index is 0.157. The van der Waals surface area contributed by atoms with Crippen molar-refractivity contribution in [1.29, 1.82) is 0 Å². The molecule has 168 valence electrons. The van der Waals surface area contributed by atoms with Crippen molar-refractivity contribution in [1.82, 2.24) is 9.62 Å². The minimum atomic E-state index is -3.80. The fraction of sp³-hybridized carbons (Fsp3) is 0.421. The topological polar surface area (TPSA) is 122 Å². The summed E-state index contributed by atoms with van der Waals surface area (Å²) < 4.78 is 32.0. The third-order valence-electron chi connectivity index (χ3n) is 5.06. The SMILES string of the molecule is COC(=O)NC(=O)c1c(NC(=O)C2CCCCN2S(=O)(=O)c2cccs2)sc(C)c1C. The van der Waals surface area contributed by atoms with Crippen LogP contribution in [0.4, 0.5) is 9.80 Å². The largest absolute Gasteiger partial charge is 0.453 e. The Labute approximate surface area is 188 Å². The number of aryl methyl sites for hydroxylation is 1. The Bertz CT molecular complexity index is 1090. The molecule has 3 rings (SSSR count). The number of piperidine rings is 1. The van der Waals surface area contributed by atoms with Gasteiger partial charge in [0.2, 0.25) is 5.91 Å². The molecule has 1 atom stereocenters. The first kappa shape index (κ1) is 23.4. The molecule has 1 fully saturated rings. The van der Waals surface area contributed by atoms with Gasteiger partial charge in [0.25, 0.3) is 15.9 Å². The van der Waals surface area contributed by atoms with Crippen molar-refractivity contribution >= 4 is 55.6 Å². The van der Waals surface area contributed by atoms with Gasteiger partial charge in [0, 0.05) is 11.4 Å². The lowest BCUT2D eigenvalue weighted by Crippen LogP contribution is -2.49. The highest BCUT2D eigenvalue weighted by Crippen LogP contribution is 2.34. The predicted molar refractivity (Wildman–Crippen MR) is 118 cm³/mol. The summed E-state index contributed by atoms with van der Waals surface area (Å²) >= 11 is 2.30. The number of anilines is 1. The van der Waals surface area contributed by atoms with Crippen LogP contribution in [0, 0.1) is 13.8 Å². The van der Waals surface area contributed by atoms with Crippen LogP contribution in [-0.4, -0.2) is 50.3 Å². The zero-order valence-corrected chi connectivity index (χ0v) is 19.7. The zero-order chi connectivity index (χ0) is 22.8. The van der Waals surface area contributed by atoms with E-state index in [0.29, 0.717) is 24.8 Å². The summed E-state index contributed by atoms with van der Waals surface area (Å²) in [7, 11) is -2.66. The molecule has 0 radical (unpaired) electrons. The molecule has 31 heavy (non-hydrogen) atoms. The molecule has 0 saturated carbocycles. The van der Waals surface area contributed by atoms with Crippen LogP contribution >= 0.6 is 22.7 Å². The van der Waals surface area contributed by atoms with E-state index in [-0.39, 0.29) is 21.3 Å². The van der Waals surface area contributed by atoms with Gasteiger partial charge in [0.1, 0.15) is 15.3 Å². The molecule has 1 unspecified atom stereocenters. The monoisotopic (exact) mass is 485 g/mol. The molecule has 2 aromatic rings. The summed E-state index contributed by atoms with van der Waals surface area (Å²) in [6.45, 7) is 3.75. The molecule has 1 aliphatic rings. The highest BCUT2D eigenvalue weighted by atomic mass is 32.2. The van der Waals surface area contributed by atoms with E-state index in [1.165, 1.54) is 21.7 Å². The van der Waals surface area contributed by atoms with Gasteiger partial charge in [-0.15, -0.1) is 22.7 Å². The Morgan fingerprint density at radius 3 is 2.61 bits per heavy atom. The predicted octanol–water partition coefficient (Wildman–Crippen LogP) is 3.10. The number of rotatable bonds is 5. The van der Waals surface area contributed by atoms with E-state index >= 15 is 0 Å². The van der Waals surface area contributed by atoms with Crippen LogP contribution in [-0.2, 0) is 19.6 Å². The number of ether oxygens (including phenoxy) is 1. The first-order valence-electron chi connectivity index (χ1n) is 9.52. The summed E-state index contributed by atoms with van der Waals surface area (Å²) in [5.74, 6) is -1.20. The van der Waals surface area contributed by atoms with Gasteiger partial charge >= 0.3 is 6.09 Å². The Morgan fingerprint density at radius 1 is 1.23 bits per heavy atom. The average molecular weight is 486 g/mol. The number of alkyl carbamates (subject to hydrolysis) is 1. The second kappa shape index (κ2) is 9.47. The van der Waals surface area contributed by atoms with Gasteiger partial charge in [-0.05, 0) is 43.7 Å². The first-order valence-corrected chi connectivity index (χ1v) is 12.7. The second-order valence-electron chi connectivity index (χ2n) is 6.98. The van der Waals surface area contributed by atoms with Crippen molar-refractivity contribution in [3.8, 4) is 0 Å². The number of carbonyl (C=O) groups excluding carboxylic acids is 3. The lowest BCUT2D eigenvalue weighted by Gasteiger charge is -2.33. The summed E-state index contributed by atoms with van der Waals surface area (Å²) in [6, 6.07) is 2.28. The first-order chi connectivity index (χ1) is 14.7. The second-order valence-corrected chi connectivity index (χ2v) is 11.3. The lowest BCUT2D eigenvalue weighted by molar-refractivity contribution is -0.120. The molecule has 1 aliphatic heterocycles. The summed E-state index contributed by atoms with van der Waals surface area (Å²) in [5.41, 5.74) is 0.776. The molecule has 9 nitrogen and oxygen atoms in total. The minimum Gasteiger partial charge on any atom is -0.453 e. The number of thiophene rings is 2. The Balaban J connectivity index is 1.87. The van der Waals surface area contributed by atoms with E-state index in [4.69, 9.17) is 0 Å². The third kappa shape index (κ3) is 4.81. The van der Waals surface area contributed by atoms with Crippen molar-refractivity contribution in [2.45, 2.75) is 43.4 Å². The highest BCUT2D eigenvalue weighted by molar-refractivity contribution is 7.91. The number of methoxy groups -OCH3 is 1. The van der Waals surface area contributed by atoms with Crippen molar-refractivity contribution in [2.24, 2.45) is 0 Å². The Morgan fingerprint density at radius 2 is 1.97 bits per heavy atom. The summed E-state index contributed by atoms with van der Waals surface area (Å²) in [4.78, 5) is 37.9. The maximum Gasteiger partial charge on any atom is 0.413 e. The molecule has 0 spiro atoms. The molecule has 2 N–H and O–H groups in total. The molecular formula is C19H23N3O6S3. The van der Waals surface area contributed by atoms with Gasteiger partial charge in [-0.1, -0.05) is 12.5 Å². The van der Waals surface area contributed by atoms with E-state index in [1.807, 2.05) is 0 Å². The van der Waals surface area contributed by atoms with Crippen LogP contribution in [0.25, 0.3) is 0 Å². The molecule has 0 aromatic carbocycles. The van der Waals surface area contributed by atoms with Crippen LogP contribution in [0.5, 0.6) is 0 Å². The number of amides is 3. The summed E-state index contributed by atoms with van der Waals surface area (Å²) in [5, 5.41) is 6.76. The molecular weight excluding hydrogens is 462 g/mol. The number of hydrogen-bond donors (Lipinski definition) is 2. The maximum atomic E-state index is 13.1. The van der Waals surface area contributed by atoms with Gasteiger partial charge in [0.15, 0.2) is 0 Å². The molecule has 1 saturated heterocycles. The number of sulfonamides is 1.